The van der Waals surface area contributed by atoms with E-state index in [0.717, 1.165) is 24.0 Å². The molecule has 3 N–H and O–H groups in total. The monoisotopic (exact) mass is 448 g/mol. The number of hydrogen-bond donors (Lipinski definition) is 3. The number of fused-ring (bicyclic) bond motifs is 6. The van der Waals surface area contributed by atoms with Crippen molar-refractivity contribution in [1.82, 2.24) is 5.32 Å². The molecule has 5 heteroatoms. The van der Waals surface area contributed by atoms with Crippen LogP contribution in [0.1, 0.15) is 68.7 Å². The van der Waals surface area contributed by atoms with Crippen molar-refractivity contribution in [2.45, 2.75) is 38.3 Å². The molecular formula is C29H24N2O3. The van der Waals surface area contributed by atoms with Crippen molar-refractivity contribution in [3.05, 3.63) is 69.8 Å². The molecule has 1 spiro atoms. The SMILES string of the molecule is CNCc1ccc2c(c1)C(=O)c1c(O)cc3c(c1C2=O)N[C@@H]1C#C/C=C\C#CC3[C@H](C)C12CC2. The van der Waals surface area contributed by atoms with Gasteiger partial charge in [-0.3, -0.25) is 9.59 Å². The van der Waals surface area contributed by atoms with E-state index in [1.165, 1.54) is 0 Å². The zero-order chi connectivity index (χ0) is 23.6. The van der Waals surface area contributed by atoms with Crippen LogP contribution in [0, 0.1) is 35.0 Å². The van der Waals surface area contributed by atoms with E-state index in [4.69, 9.17) is 0 Å². The number of phenolic OH excluding ortho intramolecular Hbond substituents is 1. The molecule has 5 nitrogen and oxygen atoms in total. The Morgan fingerprint density at radius 1 is 1.06 bits per heavy atom. The molecule has 168 valence electrons. The van der Waals surface area contributed by atoms with Crippen LogP contribution < -0.4 is 10.6 Å². The molecule has 34 heavy (non-hydrogen) atoms. The van der Waals surface area contributed by atoms with E-state index >= 15 is 0 Å². The van der Waals surface area contributed by atoms with E-state index in [1.807, 2.05) is 13.1 Å². The van der Waals surface area contributed by atoms with Gasteiger partial charge in [0.25, 0.3) is 0 Å². The Labute approximate surface area is 198 Å². The van der Waals surface area contributed by atoms with Crippen LogP contribution in [-0.2, 0) is 6.54 Å². The molecular weight excluding hydrogens is 424 g/mol. The lowest BCUT2D eigenvalue weighted by Gasteiger charge is -2.29. The molecule has 0 radical (unpaired) electrons. The highest BCUT2D eigenvalue weighted by atomic mass is 16.3. The van der Waals surface area contributed by atoms with Crippen LogP contribution in [0.2, 0.25) is 0 Å². The van der Waals surface area contributed by atoms with Crippen molar-refractivity contribution >= 4 is 17.3 Å². The average Bonchev–Trinajstić information content (AvgIpc) is 3.64. The summed E-state index contributed by atoms with van der Waals surface area (Å²) in [5.74, 6) is 12.1. The average molecular weight is 449 g/mol. The minimum absolute atomic E-state index is 0.0548. The highest BCUT2D eigenvalue weighted by Crippen LogP contribution is 2.62. The van der Waals surface area contributed by atoms with E-state index in [9.17, 15) is 14.7 Å². The van der Waals surface area contributed by atoms with Gasteiger partial charge in [-0.05, 0) is 67.3 Å². The lowest BCUT2D eigenvalue weighted by Crippen LogP contribution is -2.34. The maximum Gasteiger partial charge on any atom is 0.198 e. The van der Waals surface area contributed by atoms with Crippen LogP contribution in [0.3, 0.4) is 0 Å². The number of carbonyl (C=O) groups is 2. The summed E-state index contributed by atoms with van der Waals surface area (Å²) in [7, 11) is 1.83. The molecule has 1 heterocycles. The molecule has 1 fully saturated rings. The van der Waals surface area contributed by atoms with Crippen molar-refractivity contribution in [2.75, 3.05) is 12.4 Å². The van der Waals surface area contributed by atoms with E-state index in [-0.39, 0.29) is 51.7 Å². The van der Waals surface area contributed by atoms with Crippen molar-refractivity contribution < 1.29 is 14.7 Å². The summed E-state index contributed by atoms with van der Waals surface area (Å²) in [4.78, 5) is 27.5. The fraction of sp³-hybridized carbons (Fsp3) is 0.310. The number of benzene rings is 2. The number of allylic oxidation sites excluding steroid dienone is 2. The Bertz CT molecular complexity index is 1440. The molecule has 1 unspecified atom stereocenters. The number of anilines is 1. The first kappa shape index (κ1) is 20.8. The molecule has 4 aliphatic rings. The molecule has 3 atom stereocenters. The van der Waals surface area contributed by atoms with Crippen LogP contribution in [-0.4, -0.2) is 29.8 Å². The number of phenols is 1. The molecule has 0 amide bonds. The quantitative estimate of drug-likeness (QED) is 0.411. The molecule has 1 saturated carbocycles. The zero-order valence-corrected chi connectivity index (χ0v) is 19.1. The zero-order valence-electron chi connectivity index (χ0n) is 19.1. The highest BCUT2D eigenvalue weighted by molar-refractivity contribution is 6.31. The number of nitrogens with one attached hydrogen (secondary N) is 2. The fourth-order valence-electron chi connectivity index (χ4n) is 5.88. The first-order valence-corrected chi connectivity index (χ1v) is 11.7. The van der Waals surface area contributed by atoms with Gasteiger partial charge in [0.05, 0.1) is 28.8 Å². The summed E-state index contributed by atoms with van der Waals surface area (Å²) >= 11 is 0. The number of aromatic hydroxyl groups is 1. The maximum atomic E-state index is 13.9. The summed E-state index contributed by atoms with van der Waals surface area (Å²) in [6.07, 6.45) is 5.54. The summed E-state index contributed by atoms with van der Waals surface area (Å²) in [6.45, 7) is 2.76. The van der Waals surface area contributed by atoms with Crippen LogP contribution in [0.5, 0.6) is 5.75 Å². The highest BCUT2D eigenvalue weighted by Gasteiger charge is 2.57. The molecule has 6 rings (SSSR count). The molecule has 1 aliphatic heterocycles. The second-order valence-electron chi connectivity index (χ2n) is 9.67. The lowest BCUT2D eigenvalue weighted by molar-refractivity contribution is 0.0977. The minimum Gasteiger partial charge on any atom is -0.507 e. The fourth-order valence-corrected chi connectivity index (χ4v) is 5.88. The summed E-state index contributed by atoms with van der Waals surface area (Å²) in [5.41, 5.74) is 3.20. The number of rotatable bonds is 2. The van der Waals surface area contributed by atoms with Crippen molar-refractivity contribution in [1.29, 1.82) is 0 Å². The van der Waals surface area contributed by atoms with Gasteiger partial charge in [-0.25, -0.2) is 0 Å². The smallest absolute Gasteiger partial charge is 0.198 e. The van der Waals surface area contributed by atoms with E-state index in [2.05, 4.69) is 41.2 Å². The number of ketones is 2. The third-order valence-corrected chi connectivity index (χ3v) is 7.89. The molecule has 2 bridgehead atoms. The summed E-state index contributed by atoms with van der Waals surface area (Å²) in [6, 6.07) is 6.78. The third-order valence-electron chi connectivity index (χ3n) is 7.89. The largest absolute Gasteiger partial charge is 0.507 e. The lowest BCUT2D eigenvalue weighted by atomic mass is 9.73. The Kier molecular flexibility index (Phi) is 4.49. The van der Waals surface area contributed by atoms with Crippen LogP contribution in [0.4, 0.5) is 5.69 Å². The van der Waals surface area contributed by atoms with Gasteiger partial charge in [0, 0.05) is 23.1 Å². The molecule has 2 aromatic carbocycles. The van der Waals surface area contributed by atoms with Gasteiger partial charge in [0.15, 0.2) is 11.6 Å². The second-order valence-corrected chi connectivity index (χ2v) is 9.67. The minimum atomic E-state index is -0.334. The molecule has 0 aromatic heterocycles. The van der Waals surface area contributed by atoms with Crippen molar-refractivity contribution in [3.8, 4) is 29.4 Å². The summed E-state index contributed by atoms with van der Waals surface area (Å²) < 4.78 is 0. The molecule has 0 saturated heterocycles. The van der Waals surface area contributed by atoms with Crippen LogP contribution >= 0.6 is 0 Å². The van der Waals surface area contributed by atoms with E-state index in [1.54, 1.807) is 30.4 Å². The van der Waals surface area contributed by atoms with Gasteiger partial charge >= 0.3 is 0 Å². The maximum absolute atomic E-state index is 13.9. The summed E-state index contributed by atoms with van der Waals surface area (Å²) in [5, 5.41) is 17.7. The van der Waals surface area contributed by atoms with Gasteiger partial charge < -0.3 is 15.7 Å². The number of hydrogen-bond acceptors (Lipinski definition) is 5. The topological polar surface area (TPSA) is 78.4 Å². The van der Waals surface area contributed by atoms with Crippen molar-refractivity contribution in [3.63, 3.8) is 0 Å². The van der Waals surface area contributed by atoms with E-state index in [0.29, 0.717) is 23.4 Å². The Balaban J connectivity index is 1.61. The van der Waals surface area contributed by atoms with Gasteiger partial charge in [0.2, 0.25) is 0 Å². The first-order valence-electron chi connectivity index (χ1n) is 11.7. The van der Waals surface area contributed by atoms with Gasteiger partial charge in [-0.2, -0.15) is 0 Å². The number of carbonyl (C=O) groups excluding carboxylic acids is 2. The Morgan fingerprint density at radius 2 is 1.79 bits per heavy atom. The van der Waals surface area contributed by atoms with Gasteiger partial charge in [-0.1, -0.05) is 36.7 Å². The standard InChI is InChI=1S/C29H24N2O3/c1-16-18-7-5-3-4-6-8-23(29(16)11-12-29)31-26-20(18)14-22(32)24-25(26)27(33)19-10-9-17(15-30-2)13-21(19)28(24)34/h3-4,9-10,13-14,16,18,23,30-32H,11-12,15H2,1-2H3/b4-3-/t16-,18?,23+/m0/s1. The van der Waals surface area contributed by atoms with Crippen LogP contribution in [0.25, 0.3) is 0 Å². The third kappa shape index (κ3) is 2.81. The Hall–Kier alpha value is -3.80. The van der Waals surface area contributed by atoms with Gasteiger partial charge in [0.1, 0.15) is 5.75 Å². The molecule has 2 aromatic rings. The Morgan fingerprint density at radius 3 is 2.53 bits per heavy atom. The van der Waals surface area contributed by atoms with Gasteiger partial charge in [-0.15, -0.1) is 0 Å². The second kappa shape index (κ2) is 7.35. The van der Waals surface area contributed by atoms with Crippen molar-refractivity contribution in [2.24, 2.45) is 11.3 Å². The van der Waals surface area contributed by atoms with E-state index < -0.39 is 0 Å². The van der Waals surface area contributed by atoms with Crippen LogP contribution in [0.15, 0.2) is 36.4 Å². The first-order chi connectivity index (χ1) is 16.5. The molecule has 3 aliphatic carbocycles. The normalized spacial score (nSPS) is 25.4. The predicted molar refractivity (Wildman–Crippen MR) is 130 cm³/mol. The predicted octanol–water partition coefficient (Wildman–Crippen LogP) is 3.76.